The van der Waals surface area contributed by atoms with Gasteiger partial charge in [-0.3, -0.25) is 14.9 Å². The average Bonchev–Trinajstić information content (AvgIpc) is 3.25. The number of pyridine rings is 1. The number of H-pyrrole nitrogens is 1. The van der Waals surface area contributed by atoms with Crippen LogP contribution in [-0.2, 0) is 6.54 Å². The van der Waals surface area contributed by atoms with Crippen molar-refractivity contribution in [3.05, 3.63) is 40.2 Å². The summed E-state index contributed by atoms with van der Waals surface area (Å²) < 4.78 is 2.58. The van der Waals surface area contributed by atoms with Gasteiger partial charge in [0, 0.05) is 25.2 Å². The van der Waals surface area contributed by atoms with E-state index >= 15 is 0 Å². The van der Waals surface area contributed by atoms with Crippen molar-refractivity contribution in [3.8, 4) is 0 Å². The van der Waals surface area contributed by atoms with E-state index in [1.54, 1.807) is 12.3 Å². The standard InChI is InChI=1S/C14H17N5OS/c1-9-2-5-11(16-8-9)13(20)15-6-7-19-12(10-3-4-10)17-18-14(19)21/h2,5,8,10H,3-4,6-7H2,1H3,(H,15,20)(H,18,21). The number of nitrogens with zero attached hydrogens (tertiary/aromatic N) is 3. The fourth-order valence-electron chi connectivity index (χ4n) is 2.17. The number of hydrogen-bond donors (Lipinski definition) is 2. The highest BCUT2D eigenvalue weighted by Crippen LogP contribution is 2.38. The van der Waals surface area contributed by atoms with Crippen LogP contribution in [0.4, 0.5) is 0 Å². The van der Waals surface area contributed by atoms with Gasteiger partial charge < -0.3 is 9.88 Å². The SMILES string of the molecule is Cc1ccc(C(=O)NCCn2c(C3CC3)n[nH]c2=S)nc1. The fraction of sp³-hybridized carbons (Fsp3) is 0.429. The Hall–Kier alpha value is -2.02. The van der Waals surface area contributed by atoms with E-state index in [1.165, 1.54) is 12.8 Å². The minimum Gasteiger partial charge on any atom is -0.349 e. The van der Waals surface area contributed by atoms with E-state index in [0.717, 1.165) is 11.4 Å². The molecule has 2 heterocycles. The molecule has 1 aliphatic carbocycles. The second kappa shape index (κ2) is 5.77. The van der Waals surface area contributed by atoms with Gasteiger partial charge in [-0.1, -0.05) is 6.07 Å². The van der Waals surface area contributed by atoms with E-state index in [0.29, 0.717) is 29.5 Å². The van der Waals surface area contributed by atoms with Gasteiger partial charge in [-0.05, 0) is 43.6 Å². The van der Waals surface area contributed by atoms with Gasteiger partial charge in [0.25, 0.3) is 5.91 Å². The monoisotopic (exact) mass is 303 g/mol. The van der Waals surface area contributed by atoms with Crippen LogP contribution in [0.5, 0.6) is 0 Å². The second-order valence-corrected chi connectivity index (χ2v) is 5.68. The second-order valence-electron chi connectivity index (χ2n) is 5.29. The molecule has 0 atom stereocenters. The molecule has 3 rings (SSSR count). The number of hydrogen-bond acceptors (Lipinski definition) is 4. The number of aromatic amines is 1. The first-order chi connectivity index (χ1) is 10.1. The lowest BCUT2D eigenvalue weighted by Gasteiger charge is -2.07. The fourth-order valence-corrected chi connectivity index (χ4v) is 2.40. The summed E-state index contributed by atoms with van der Waals surface area (Å²) in [6.45, 7) is 3.06. The molecule has 0 aliphatic heterocycles. The number of rotatable bonds is 5. The van der Waals surface area contributed by atoms with Gasteiger partial charge in [0.15, 0.2) is 4.77 Å². The molecule has 0 bridgehead atoms. The molecule has 0 radical (unpaired) electrons. The van der Waals surface area contributed by atoms with Crippen molar-refractivity contribution in [2.45, 2.75) is 32.2 Å². The third-order valence-corrected chi connectivity index (χ3v) is 3.81. The maximum atomic E-state index is 12.0. The molecule has 1 saturated carbocycles. The Morgan fingerprint density at radius 1 is 1.52 bits per heavy atom. The largest absolute Gasteiger partial charge is 0.349 e. The maximum absolute atomic E-state index is 12.0. The zero-order valence-corrected chi connectivity index (χ0v) is 12.6. The topological polar surface area (TPSA) is 75.6 Å². The third-order valence-electron chi connectivity index (χ3n) is 3.50. The Balaban J connectivity index is 1.59. The minimum atomic E-state index is -0.169. The lowest BCUT2D eigenvalue weighted by Crippen LogP contribution is -2.28. The molecule has 7 heteroatoms. The van der Waals surface area contributed by atoms with E-state index in [-0.39, 0.29) is 5.91 Å². The van der Waals surface area contributed by atoms with Crippen molar-refractivity contribution in [3.63, 3.8) is 0 Å². The Morgan fingerprint density at radius 2 is 2.33 bits per heavy atom. The highest BCUT2D eigenvalue weighted by Gasteiger charge is 2.28. The van der Waals surface area contributed by atoms with Gasteiger partial charge in [-0.15, -0.1) is 0 Å². The molecular weight excluding hydrogens is 286 g/mol. The summed E-state index contributed by atoms with van der Waals surface area (Å²) in [4.78, 5) is 16.1. The Labute approximate surface area is 127 Å². The average molecular weight is 303 g/mol. The maximum Gasteiger partial charge on any atom is 0.269 e. The van der Waals surface area contributed by atoms with E-state index in [4.69, 9.17) is 12.2 Å². The molecule has 110 valence electrons. The molecule has 21 heavy (non-hydrogen) atoms. The first-order valence-corrected chi connectivity index (χ1v) is 7.42. The van der Waals surface area contributed by atoms with E-state index < -0.39 is 0 Å². The first kappa shape index (κ1) is 13.9. The van der Waals surface area contributed by atoms with Gasteiger partial charge in [0.1, 0.15) is 11.5 Å². The van der Waals surface area contributed by atoms with E-state index in [9.17, 15) is 4.79 Å². The van der Waals surface area contributed by atoms with Crippen molar-refractivity contribution in [1.82, 2.24) is 25.1 Å². The van der Waals surface area contributed by atoms with Crippen LogP contribution < -0.4 is 5.32 Å². The molecule has 1 amide bonds. The van der Waals surface area contributed by atoms with Crippen LogP contribution in [-0.4, -0.2) is 32.2 Å². The summed E-state index contributed by atoms with van der Waals surface area (Å²) in [5, 5.41) is 9.95. The van der Waals surface area contributed by atoms with E-state index in [2.05, 4.69) is 20.5 Å². The highest BCUT2D eigenvalue weighted by atomic mass is 32.1. The Bertz CT molecular complexity index is 699. The van der Waals surface area contributed by atoms with Crippen LogP contribution in [0, 0.1) is 11.7 Å². The summed E-state index contributed by atoms with van der Waals surface area (Å²) >= 11 is 5.23. The molecule has 6 nitrogen and oxygen atoms in total. The number of aryl methyl sites for hydroxylation is 1. The molecule has 0 aromatic carbocycles. The normalized spacial score (nSPS) is 14.1. The van der Waals surface area contributed by atoms with E-state index in [1.807, 2.05) is 17.6 Å². The molecule has 0 spiro atoms. The molecule has 1 aliphatic rings. The quantitative estimate of drug-likeness (QED) is 0.828. The van der Waals surface area contributed by atoms with Crippen LogP contribution >= 0.6 is 12.2 Å². The predicted octanol–water partition coefficient (Wildman–Crippen LogP) is 1.95. The van der Waals surface area contributed by atoms with Gasteiger partial charge >= 0.3 is 0 Å². The Kier molecular flexibility index (Phi) is 3.83. The molecule has 1 fully saturated rings. The van der Waals surface area contributed by atoms with Crippen LogP contribution in [0.2, 0.25) is 0 Å². The summed E-state index contributed by atoms with van der Waals surface area (Å²) in [6, 6.07) is 3.60. The smallest absolute Gasteiger partial charge is 0.269 e. The number of amides is 1. The number of nitrogens with one attached hydrogen (secondary N) is 2. The van der Waals surface area contributed by atoms with Crippen molar-refractivity contribution >= 4 is 18.1 Å². The Morgan fingerprint density at radius 3 is 3.00 bits per heavy atom. The predicted molar refractivity (Wildman–Crippen MR) is 80.7 cm³/mol. The highest BCUT2D eigenvalue weighted by molar-refractivity contribution is 7.71. The first-order valence-electron chi connectivity index (χ1n) is 7.01. The van der Waals surface area contributed by atoms with Crippen molar-refractivity contribution < 1.29 is 4.79 Å². The summed E-state index contributed by atoms with van der Waals surface area (Å²) in [5.41, 5.74) is 1.46. The lowest BCUT2D eigenvalue weighted by molar-refractivity contribution is 0.0947. The van der Waals surface area contributed by atoms with Crippen LogP contribution in [0.15, 0.2) is 18.3 Å². The lowest BCUT2D eigenvalue weighted by atomic mass is 10.2. The minimum absolute atomic E-state index is 0.169. The van der Waals surface area contributed by atoms with Crippen molar-refractivity contribution in [1.29, 1.82) is 0 Å². The van der Waals surface area contributed by atoms with Crippen molar-refractivity contribution in [2.75, 3.05) is 6.54 Å². The summed E-state index contributed by atoms with van der Waals surface area (Å²) in [7, 11) is 0. The molecule has 0 unspecified atom stereocenters. The zero-order chi connectivity index (χ0) is 14.8. The number of carbonyl (C=O) groups excluding carboxylic acids is 1. The number of carbonyl (C=O) groups is 1. The molecule has 2 aromatic rings. The zero-order valence-electron chi connectivity index (χ0n) is 11.8. The van der Waals surface area contributed by atoms with Gasteiger partial charge in [-0.25, -0.2) is 0 Å². The van der Waals surface area contributed by atoms with Gasteiger partial charge in [-0.2, -0.15) is 5.10 Å². The van der Waals surface area contributed by atoms with Crippen LogP contribution in [0.3, 0.4) is 0 Å². The van der Waals surface area contributed by atoms with Crippen LogP contribution in [0.25, 0.3) is 0 Å². The van der Waals surface area contributed by atoms with Gasteiger partial charge in [0.05, 0.1) is 0 Å². The van der Waals surface area contributed by atoms with Crippen molar-refractivity contribution in [2.24, 2.45) is 0 Å². The van der Waals surface area contributed by atoms with Crippen LogP contribution in [0.1, 0.15) is 40.6 Å². The molecule has 2 aromatic heterocycles. The molecular formula is C14H17N5OS. The summed E-state index contributed by atoms with van der Waals surface area (Å²) in [5.74, 6) is 1.35. The summed E-state index contributed by atoms with van der Waals surface area (Å²) in [6.07, 6.45) is 4.02. The van der Waals surface area contributed by atoms with Gasteiger partial charge in [0.2, 0.25) is 0 Å². The third kappa shape index (κ3) is 3.18. The number of aromatic nitrogens is 4. The molecule has 2 N–H and O–H groups in total. The molecule has 0 saturated heterocycles.